The summed E-state index contributed by atoms with van der Waals surface area (Å²) in [6.45, 7) is 1.70. The van der Waals surface area contributed by atoms with Crippen LogP contribution in [0.25, 0.3) is 0 Å². The molecule has 0 saturated carbocycles. The van der Waals surface area contributed by atoms with E-state index in [4.69, 9.17) is 12.2 Å². The summed E-state index contributed by atoms with van der Waals surface area (Å²) in [5.74, 6) is 0.615. The van der Waals surface area contributed by atoms with Crippen LogP contribution in [0, 0.1) is 14.9 Å². The van der Waals surface area contributed by atoms with Crippen LogP contribution >= 0.6 is 12.2 Å². The van der Waals surface area contributed by atoms with E-state index in [9.17, 15) is 15.2 Å². The fourth-order valence-corrected chi connectivity index (χ4v) is 1.95. The SMILES string of the molecule is CC(O)CCc1n[nH]c(=S)n1/N=C/c1ccc([N+](=O)[O-])cc1. The van der Waals surface area contributed by atoms with Crippen molar-refractivity contribution in [1.29, 1.82) is 0 Å². The van der Waals surface area contributed by atoms with Crippen molar-refractivity contribution >= 4 is 24.1 Å². The molecule has 0 saturated heterocycles. The highest BCUT2D eigenvalue weighted by atomic mass is 32.1. The van der Waals surface area contributed by atoms with Crippen molar-refractivity contribution in [1.82, 2.24) is 14.9 Å². The average Bonchev–Trinajstić information content (AvgIpc) is 2.83. The number of benzene rings is 1. The first-order valence-electron chi connectivity index (χ1n) is 6.60. The van der Waals surface area contributed by atoms with Crippen LogP contribution in [0.5, 0.6) is 0 Å². The lowest BCUT2D eigenvalue weighted by molar-refractivity contribution is -0.384. The molecule has 0 aliphatic carbocycles. The largest absolute Gasteiger partial charge is 0.393 e. The second-order valence-electron chi connectivity index (χ2n) is 4.74. The molecule has 1 atom stereocenters. The molecule has 1 aromatic heterocycles. The summed E-state index contributed by atoms with van der Waals surface area (Å²) in [6, 6.07) is 6.01. The van der Waals surface area contributed by atoms with E-state index >= 15 is 0 Å². The highest BCUT2D eigenvalue weighted by Gasteiger charge is 2.07. The molecule has 0 spiro atoms. The Bertz CT molecular complexity index is 733. The Balaban J connectivity index is 2.17. The maximum atomic E-state index is 10.6. The summed E-state index contributed by atoms with van der Waals surface area (Å²) in [7, 11) is 0. The minimum Gasteiger partial charge on any atom is -0.393 e. The van der Waals surface area contributed by atoms with Gasteiger partial charge in [-0.1, -0.05) is 0 Å². The summed E-state index contributed by atoms with van der Waals surface area (Å²) in [5.41, 5.74) is 0.727. The van der Waals surface area contributed by atoms with E-state index in [1.165, 1.54) is 16.8 Å². The predicted molar refractivity (Wildman–Crippen MR) is 83.5 cm³/mol. The predicted octanol–water partition coefficient (Wildman–Crippen LogP) is 2.04. The smallest absolute Gasteiger partial charge is 0.269 e. The number of H-pyrrole nitrogens is 1. The van der Waals surface area contributed by atoms with Gasteiger partial charge in [0.1, 0.15) is 0 Å². The zero-order valence-electron chi connectivity index (χ0n) is 11.8. The minimum atomic E-state index is -0.457. The second-order valence-corrected chi connectivity index (χ2v) is 5.12. The number of nitro groups is 1. The maximum Gasteiger partial charge on any atom is 0.269 e. The number of nitro benzene ring substituents is 1. The fourth-order valence-electron chi connectivity index (χ4n) is 1.75. The van der Waals surface area contributed by atoms with Crippen molar-refractivity contribution < 1.29 is 10.0 Å². The minimum absolute atomic E-state index is 0.0229. The molecule has 0 aliphatic rings. The van der Waals surface area contributed by atoms with Gasteiger partial charge in [0.05, 0.1) is 17.2 Å². The van der Waals surface area contributed by atoms with Gasteiger partial charge in [-0.3, -0.25) is 15.2 Å². The molecule has 9 heteroatoms. The first-order valence-corrected chi connectivity index (χ1v) is 7.01. The number of non-ortho nitro benzene ring substituents is 1. The molecule has 0 radical (unpaired) electrons. The van der Waals surface area contributed by atoms with Crippen LogP contribution in [0.1, 0.15) is 24.7 Å². The van der Waals surface area contributed by atoms with Gasteiger partial charge in [0.2, 0.25) is 4.77 Å². The van der Waals surface area contributed by atoms with Crippen LogP contribution in [0.3, 0.4) is 0 Å². The molecule has 1 aromatic carbocycles. The number of aromatic nitrogens is 3. The van der Waals surface area contributed by atoms with Crippen LogP contribution in [0.4, 0.5) is 5.69 Å². The van der Waals surface area contributed by atoms with Crippen LogP contribution in [-0.2, 0) is 6.42 Å². The summed E-state index contributed by atoms with van der Waals surface area (Å²) < 4.78 is 1.82. The lowest BCUT2D eigenvalue weighted by Gasteiger charge is -2.03. The molecule has 2 rings (SSSR count). The molecule has 2 N–H and O–H groups in total. The molecule has 0 bridgehead atoms. The third-order valence-corrected chi connectivity index (χ3v) is 3.19. The number of hydrogen-bond donors (Lipinski definition) is 2. The van der Waals surface area contributed by atoms with E-state index in [2.05, 4.69) is 15.3 Å². The first kappa shape index (κ1) is 16.0. The normalized spacial score (nSPS) is 12.6. The highest BCUT2D eigenvalue weighted by Crippen LogP contribution is 2.11. The number of rotatable bonds is 6. The maximum absolute atomic E-state index is 10.6. The Morgan fingerprint density at radius 3 is 2.82 bits per heavy atom. The Morgan fingerprint density at radius 1 is 1.55 bits per heavy atom. The molecule has 1 heterocycles. The van der Waals surface area contributed by atoms with Gasteiger partial charge in [0.15, 0.2) is 5.82 Å². The van der Waals surface area contributed by atoms with Crippen molar-refractivity contribution in [2.45, 2.75) is 25.9 Å². The Hall–Kier alpha value is -2.39. The molecule has 0 fully saturated rings. The van der Waals surface area contributed by atoms with E-state index in [0.29, 0.717) is 29.0 Å². The molecule has 116 valence electrons. The summed E-state index contributed by atoms with van der Waals surface area (Å²) in [5, 5.41) is 30.9. The molecule has 2 aromatic rings. The van der Waals surface area contributed by atoms with Gasteiger partial charge < -0.3 is 5.11 Å². The van der Waals surface area contributed by atoms with E-state index in [-0.39, 0.29) is 5.69 Å². The van der Waals surface area contributed by atoms with E-state index < -0.39 is 11.0 Å². The van der Waals surface area contributed by atoms with Crippen molar-refractivity contribution in [3.8, 4) is 0 Å². The van der Waals surface area contributed by atoms with Crippen molar-refractivity contribution in [2.75, 3.05) is 0 Å². The number of hydrogen-bond acceptors (Lipinski definition) is 6. The topological polar surface area (TPSA) is 109 Å². The lowest BCUT2D eigenvalue weighted by Crippen LogP contribution is -2.06. The third kappa shape index (κ3) is 4.06. The zero-order valence-corrected chi connectivity index (χ0v) is 12.7. The molecule has 0 amide bonds. The van der Waals surface area contributed by atoms with Gasteiger partial charge >= 0.3 is 0 Å². The van der Waals surface area contributed by atoms with Crippen LogP contribution in [0.2, 0.25) is 0 Å². The third-order valence-electron chi connectivity index (χ3n) is 2.93. The summed E-state index contributed by atoms with van der Waals surface area (Å²) in [6.07, 6.45) is 2.19. The van der Waals surface area contributed by atoms with Crippen molar-refractivity contribution in [3.05, 3.63) is 50.5 Å². The lowest BCUT2D eigenvalue weighted by atomic mass is 10.2. The Morgan fingerprint density at radius 2 is 2.23 bits per heavy atom. The number of nitrogens with zero attached hydrogens (tertiary/aromatic N) is 4. The van der Waals surface area contributed by atoms with Gasteiger partial charge in [-0.05, 0) is 43.3 Å². The van der Waals surface area contributed by atoms with Crippen LogP contribution < -0.4 is 0 Å². The average molecular weight is 321 g/mol. The van der Waals surface area contributed by atoms with Gasteiger partial charge in [0, 0.05) is 18.6 Å². The number of aryl methyl sites for hydroxylation is 1. The number of aliphatic hydroxyl groups is 1. The van der Waals surface area contributed by atoms with E-state index in [0.717, 1.165) is 0 Å². The molecular weight excluding hydrogens is 306 g/mol. The van der Waals surface area contributed by atoms with Gasteiger partial charge in [-0.25, -0.2) is 0 Å². The summed E-state index contributed by atoms with van der Waals surface area (Å²) in [4.78, 5) is 10.1. The Labute approximate surface area is 131 Å². The fraction of sp³-hybridized carbons (Fsp3) is 0.308. The first-order chi connectivity index (χ1) is 10.5. The number of aromatic amines is 1. The Kier molecular flexibility index (Phi) is 5.12. The van der Waals surface area contributed by atoms with Crippen molar-refractivity contribution in [3.63, 3.8) is 0 Å². The van der Waals surface area contributed by atoms with Gasteiger partial charge in [0.25, 0.3) is 5.69 Å². The van der Waals surface area contributed by atoms with E-state index in [1.807, 2.05) is 0 Å². The van der Waals surface area contributed by atoms with Crippen molar-refractivity contribution in [2.24, 2.45) is 5.10 Å². The van der Waals surface area contributed by atoms with Gasteiger partial charge in [-0.2, -0.15) is 14.9 Å². The highest BCUT2D eigenvalue weighted by molar-refractivity contribution is 7.71. The van der Waals surface area contributed by atoms with Crippen LogP contribution in [-0.4, -0.2) is 37.2 Å². The molecule has 22 heavy (non-hydrogen) atoms. The van der Waals surface area contributed by atoms with E-state index in [1.54, 1.807) is 25.3 Å². The second kappa shape index (κ2) is 7.05. The standard InChI is InChI=1S/C13H15N5O3S/c1-9(19)2-7-12-15-16-13(22)17(12)14-8-10-3-5-11(6-4-10)18(20)21/h3-6,8-9,19H,2,7H2,1H3,(H,16,22)/b14-8+. The molecular formula is C13H15N5O3S. The van der Waals surface area contributed by atoms with Crippen LogP contribution in [0.15, 0.2) is 29.4 Å². The monoisotopic (exact) mass is 321 g/mol. The number of nitrogens with one attached hydrogen (secondary N) is 1. The molecule has 8 nitrogen and oxygen atoms in total. The quantitative estimate of drug-likeness (QED) is 0.366. The zero-order chi connectivity index (χ0) is 16.1. The number of aliphatic hydroxyl groups excluding tert-OH is 1. The molecule has 0 aliphatic heterocycles. The molecule has 1 unspecified atom stereocenters. The summed E-state index contributed by atoms with van der Waals surface area (Å²) >= 11 is 5.10. The van der Waals surface area contributed by atoms with Gasteiger partial charge in [-0.15, -0.1) is 0 Å².